The van der Waals surface area contributed by atoms with Crippen molar-refractivity contribution in [2.75, 3.05) is 50.9 Å². The average Bonchev–Trinajstić information content (AvgIpc) is 3.41. The molecular weight excluding hydrogens is 531 g/mol. The second-order valence-electron chi connectivity index (χ2n) is 11.1. The molecule has 7 rings (SSSR count). The minimum atomic E-state index is -0.556. The number of ether oxygens (including phenoxy) is 2. The van der Waals surface area contributed by atoms with E-state index in [9.17, 15) is 5.11 Å². The Bertz CT molecular complexity index is 1580. The Balaban J connectivity index is 1.38. The van der Waals surface area contributed by atoms with Crippen LogP contribution in [0, 0.1) is 5.82 Å². The number of hydrogen-bond donors (Lipinski definition) is 1. The lowest BCUT2D eigenvalue weighted by atomic mass is 9.95. The van der Waals surface area contributed by atoms with E-state index in [1.54, 1.807) is 18.2 Å². The van der Waals surface area contributed by atoms with Crippen LogP contribution in [0.5, 0.6) is 11.8 Å². The molecule has 1 aromatic heterocycles. The zero-order chi connectivity index (χ0) is 27.3. The number of nitrogens with zero attached hydrogens (tertiary/aromatic N) is 4. The fourth-order valence-corrected chi connectivity index (χ4v) is 7.13. The Morgan fingerprint density at radius 2 is 1.80 bits per heavy atom. The first-order valence-electron chi connectivity index (χ1n) is 14.1. The standard InChI is InChI=1S/C31H32ClFN4O3/c32-25-18-24-28(27(33)26(25)23-17-21(38)16-20-6-1-2-7-22(20)23)34-30(35-29(24)36-10-5-14-39-15-13-36)40-19-31-8-3-11-37(31)12-4-9-31/h1-2,6-7,16-18,38H,3-5,8-15,19H2. The monoisotopic (exact) mass is 562 g/mol. The Labute approximate surface area is 237 Å². The van der Waals surface area contributed by atoms with Gasteiger partial charge in [-0.15, -0.1) is 0 Å². The van der Waals surface area contributed by atoms with E-state index in [-0.39, 0.29) is 33.4 Å². The van der Waals surface area contributed by atoms with Crippen molar-refractivity contribution in [3.05, 3.63) is 53.3 Å². The predicted octanol–water partition coefficient (Wildman–Crippen LogP) is 6.18. The molecule has 0 spiro atoms. The van der Waals surface area contributed by atoms with Crippen LogP contribution < -0.4 is 9.64 Å². The van der Waals surface area contributed by atoms with Crippen molar-refractivity contribution >= 4 is 39.1 Å². The molecule has 0 unspecified atom stereocenters. The van der Waals surface area contributed by atoms with Crippen LogP contribution >= 0.6 is 11.6 Å². The van der Waals surface area contributed by atoms with Gasteiger partial charge in [0.15, 0.2) is 5.82 Å². The normalized spacial score (nSPS) is 19.3. The predicted molar refractivity (Wildman–Crippen MR) is 155 cm³/mol. The van der Waals surface area contributed by atoms with Crippen LogP contribution in [-0.4, -0.2) is 71.5 Å². The van der Waals surface area contributed by atoms with Gasteiger partial charge in [0.1, 0.15) is 23.7 Å². The van der Waals surface area contributed by atoms with Gasteiger partial charge in [-0.25, -0.2) is 4.39 Å². The largest absolute Gasteiger partial charge is 0.508 e. The number of halogens is 2. The summed E-state index contributed by atoms with van der Waals surface area (Å²) in [7, 11) is 0. The van der Waals surface area contributed by atoms with Crippen LogP contribution in [0.15, 0.2) is 42.5 Å². The lowest BCUT2D eigenvalue weighted by molar-refractivity contribution is 0.108. The molecule has 208 valence electrons. The first kappa shape index (κ1) is 25.7. The topological polar surface area (TPSA) is 71.0 Å². The van der Waals surface area contributed by atoms with E-state index in [4.69, 9.17) is 26.1 Å². The highest BCUT2D eigenvalue weighted by Crippen LogP contribution is 2.43. The first-order valence-corrected chi connectivity index (χ1v) is 14.5. The number of fused-ring (bicyclic) bond motifs is 3. The number of hydrogen-bond acceptors (Lipinski definition) is 7. The molecule has 3 fully saturated rings. The summed E-state index contributed by atoms with van der Waals surface area (Å²) in [5.74, 6) is 0.0864. The second kappa shape index (κ2) is 10.3. The minimum absolute atomic E-state index is 0.0130. The van der Waals surface area contributed by atoms with Crippen molar-refractivity contribution in [2.45, 2.75) is 37.6 Å². The van der Waals surface area contributed by atoms with Crippen molar-refractivity contribution in [1.29, 1.82) is 0 Å². The van der Waals surface area contributed by atoms with Gasteiger partial charge in [-0.05, 0) is 79.7 Å². The van der Waals surface area contributed by atoms with E-state index in [1.165, 1.54) is 0 Å². The number of anilines is 1. The second-order valence-corrected chi connectivity index (χ2v) is 11.6. The number of rotatable bonds is 5. The van der Waals surface area contributed by atoms with Crippen molar-refractivity contribution in [3.63, 3.8) is 0 Å². The molecular formula is C31H32ClFN4O3. The van der Waals surface area contributed by atoms with Crippen molar-refractivity contribution < 1.29 is 19.0 Å². The Kier molecular flexibility index (Phi) is 6.65. The fraction of sp³-hybridized carbons (Fsp3) is 0.419. The van der Waals surface area contributed by atoms with Gasteiger partial charge >= 0.3 is 6.01 Å². The van der Waals surface area contributed by atoms with Gasteiger partial charge in [-0.2, -0.15) is 9.97 Å². The molecule has 4 aromatic rings. The van der Waals surface area contributed by atoms with E-state index < -0.39 is 5.82 Å². The SMILES string of the molecule is Oc1cc(-c2c(Cl)cc3c(N4CCCOCC4)nc(OCC45CCCN4CCC5)nc3c2F)c2ccccc2c1. The van der Waals surface area contributed by atoms with E-state index in [0.717, 1.165) is 62.5 Å². The smallest absolute Gasteiger partial charge is 0.319 e. The summed E-state index contributed by atoms with van der Waals surface area (Å²) in [6.45, 7) is 5.25. The first-order chi connectivity index (χ1) is 19.5. The highest BCUT2D eigenvalue weighted by molar-refractivity contribution is 6.35. The molecule has 0 bridgehead atoms. The van der Waals surface area contributed by atoms with Gasteiger partial charge in [0.05, 0.1) is 17.2 Å². The molecule has 1 N–H and O–H groups in total. The average molecular weight is 563 g/mol. The summed E-state index contributed by atoms with van der Waals surface area (Å²) in [6.07, 6.45) is 5.35. The number of phenols is 1. The summed E-state index contributed by atoms with van der Waals surface area (Å²) in [4.78, 5) is 14.1. The molecule has 0 atom stereocenters. The summed E-state index contributed by atoms with van der Waals surface area (Å²) in [6, 6.07) is 12.7. The third kappa shape index (κ3) is 4.42. The van der Waals surface area contributed by atoms with Gasteiger partial charge in [0.25, 0.3) is 0 Å². The van der Waals surface area contributed by atoms with Gasteiger partial charge in [0.2, 0.25) is 0 Å². The van der Waals surface area contributed by atoms with E-state index in [0.29, 0.717) is 43.1 Å². The highest BCUT2D eigenvalue weighted by Gasteiger charge is 2.45. The molecule has 3 saturated heterocycles. The number of phenolic OH excluding ortho intramolecular Hbond substituents is 1. The molecule has 0 aliphatic carbocycles. The third-order valence-electron chi connectivity index (χ3n) is 8.76. The quantitative estimate of drug-likeness (QED) is 0.311. The lowest BCUT2D eigenvalue weighted by Gasteiger charge is -2.31. The Morgan fingerprint density at radius 3 is 2.65 bits per heavy atom. The van der Waals surface area contributed by atoms with Crippen LogP contribution in [0.3, 0.4) is 0 Å². The maximum Gasteiger partial charge on any atom is 0.319 e. The Morgan fingerprint density at radius 1 is 0.975 bits per heavy atom. The van der Waals surface area contributed by atoms with Crippen LogP contribution in [0.1, 0.15) is 32.1 Å². The molecule has 9 heteroatoms. The molecule has 3 aliphatic rings. The maximum absolute atomic E-state index is 16.7. The van der Waals surface area contributed by atoms with Crippen LogP contribution in [0.25, 0.3) is 32.8 Å². The third-order valence-corrected chi connectivity index (χ3v) is 9.06. The molecule has 40 heavy (non-hydrogen) atoms. The summed E-state index contributed by atoms with van der Waals surface area (Å²) < 4.78 is 28.7. The number of aromatic hydroxyl groups is 1. The van der Waals surface area contributed by atoms with E-state index in [2.05, 4.69) is 14.8 Å². The van der Waals surface area contributed by atoms with Gasteiger partial charge in [0, 0.05) is 30.6 Å². The van der Waals surface area contributed by atoms with Crippen LogP contribution in [0.4, 0.5) is 10.2 Å². The molecule has 4 heterocycles. The number of aromatic nitrogens is 2. The van der Waals surface area contributed by atoms with E-state index >= 15 is 4.39 Å². The van der Waals surface area contributed by atoms with Gasteiger partial charge in [-0.3, -0.25) is 4.90 Å². The summed E-state index contributed by atoms with van der Waals surface area (Å²) in [5, 5.41) is 12.8. The van der Waals surface area contributed by atoms with Crippen molar-refractivity contribution in [1.82, 2.24) is 14.9 Å². The van der Waals surface area contributed by atoms with Gasteiger partial charge in [-0.1, -0.05) is 35.9 Å². The maximum atomic E-state index is 16.7. The summed E-state index contributed by atoms with van der Waals surface area (Å²) in [5.41, 5.74) is 0.882. The Hall–Kier alpha value is -3.20. The van der Waals surface area contributed by atoms with Crippen LogP contribution in [-0.2, 0) is 4.74 Å². The van der Waals surface area contributed by atoms with E-state index in [1.807, 2.05) is 24.3 Å². The molecule has 3 aliphatic heterocycles. The molecule has 7 nitrogen and oxygen atoms in total. The van der Waals surface area contributed by atoms with Gasteiger partial charge < -0.3 is 19.5 Å². The minimum Gasteiger partial charge on any atom is -0.508 e. The molecule has 0 saturated carbocycles. The molecule has 0 amide bonds. The number of benzene rings is 3. The van der Waals surface area contributed by atoms with Crippen molar-refractivity contribution in [2.24, 2.45) is 0 Å². The zero-order valence-corrected chi connectivity index (χ0v) is 23.1. The fourth-order valence-electron chi connectivity index (χ4n) is 6.83. The molecule has 0 radical (unpaired) electrons. The van der Waals surface area contributed by atoms with Crippen LogP contribution in [0.2, 0.25) is 5.02 Å². The van der Waals surface area contributed by atoms with Crippen molar-refractivity contribution in [3.8, 4) is 22.9 Å². The lowest BCUT2D eigenvalue weighted by Crippen LogP contribution is -2.43. The zero-order valence-electron chi connectivity index (χ0n) is 22.3. The highest BCUT2D eigenvalue weighted by atomic mass is 35.5. The summed E-state index contributed by atoms with van der Waals surface area (Å²) >= 11 is 6.83. The molecule has 3 aromatic carbocycles.